The molecule has 0 aliphatic rings. The van der Waals surface area contributed by atoms with Crippen LogP contribution in [0.3, 0.4) is 0 Å². The number of methoxy groups -OCH3 is 1. The molecule has 0 saturated carbocycles. The number of hydrogen-bond donors (Lipinski definition) is 1. The lowest BCUT2D eigenvalue weighted by Gasteiger charge is -2.20. The van der Waals surface area contributed by atoms with Crippen molar-refractivity contribution in [3.8, 4) is 5.75 Å². The summed E-state index contributed by atoms with van der Waals surface area (Å²) in [7, 11) is 1.61. The highest BCUT2D eigenvalue weighted by molar-refractivity contribution is 6.33. The molecule has 4 rings (SSSR count). The number of halogens is 2. The fourth-order valence-electron chi connectivity index (χ4n) is 3.68. The average Bonchev–Trinajstić information content (AvgIpc) is 3.12. The molecule has 0 fully saturated rings. The SMILES string of the molecule is COc1ccc(C(NC(=O)c2c(C)nn(Cc3ccc(F)cc3)c2Cl)c2ccccc2)cc1. The van der Waals surface area contributed by atoms with E-state index in [1.807, 2.05) is 54.6 Å². The van der Waals surface area contributed by atoms with E-state index in [0.29, 0.717) is 17.8 Å². The van der Waals surface area contributed by atoms with Crippen LogP contribution in [0.25, 0.3) is 0 Å². The van der Waals surface area contributed by atoms with Gasteiger partial charge in [-0.05, 0) is 47.9 Å². The van der Waals surface area contributed by atoms with Gasteiger partial charge in [0.25, 0.3) is 5.91 Å². The van der Waals surface area contributed by atoms with Crippen molar-refractivity contribution in [1.82, 2.24) is 15.1 Å². The standard InChI is InChI=1S/C26H23ClFN3O2/c1-17-23(25(27)31(30-17)16-18-8-12-21(28)13-9-18)26(32)29-24(19-6-4-3-5-7-19)20-10-14-22(33-2)15-11-20/h3-15,24H,16H2,1-2H3,(H,29,32). The van der Waals surface area contributed by atoms with Gasteiger partial charge in [0.1, 0.15) is 16.7 Å². The van der Waals surface area contributed by atoms with Crippen LogP contribution in [0.15, 0.2) is 78.9 Å². The van der Waals surface area contributed by atoms with Gasteiger partial charge in [-0.25, -0.2) is 9.07 Å². The van der Waals surface area contributed by atoms with Crippen molar-refractivity contribution >= 4 is 17.5 Å². The van der Waals surface area contributed by atoms with Crippen LogP contribution in [-0.4, -0.2) is 22.8 Å². The summed E-state index contributed by atoms with van der Waals surface area (Å²) in [5.41, 5.74) is 3.49. The molecule has 0 radical (unpaired) electrons. The van der Waals surface area contributed by atoms with Gasteiger partial charge in [0.2, 0.25) is 0 Å². The summed E-state index contributed by atoms with van der Waals surface area (Å²) in [6.45, 7) is 2.07. The van der Waals surface area contributed by atoms with Crippen molar-refractivity contribution in [3.05, 3.63) is 118 Å². The predicted octanol–water partition coefficient (Wildman–Crippen LogP) is 5.56. The first-order chi connectivity index (χ1) is 16.0. The molecule has 4 aromatic rings. The second kappa shape index (κ2) is 9.88. The molecule has 0 aliphatic carbocycles. The Morgan fingerprint density at radius 3 is 2.30 bits per heavy atom. The number of benzene rings is 3. The number of carbonyl (C=O) groups is 1. The number of hydrogen-bond acceptors (Lipinski definition) is 3. The molecule has 1 aromatic heterocycles. The maximum atomic E-state index is 13.4. The first-order valence-electron chi connectivity index (χ1n) is 10.4. The normalized spacial score (nSPS) is 11.8. The molecule has 33 heavy (non-hydrogen) atoms. The third kappa shape index (κ3) is 5.07. The summed E-state index contributed by atoms with van der Waals surface area (Å²) in [4.78, 5) is 13.4. The van der Waals surface area contributed by atoms with Gasteiger partial charge in [0, 0.05) is 0 Å². The third-order valence-electron chi connectivity index (χ3n) is 5.40. The number of amides is 1. The summed E-state index contributed by atoms with van der Waals surface area (Å²) in [5, 5.41) is 7.77. The molecule has 1 amide bonds. The van der Waals surface area contributed by atoms with Gasteiger partial charge in [-0.1, -0.05) is 66.2 Å². The van der Waals surface area contributed by atoms with Crippen LogP contribution in [0, 0.1) is 12.7 Å². The van der Waals surface area contributed by atoms with E-state index >= 15 is 0 Å². The van der Waals surface area contributed by atoms with E-state index < -0.39 is 0 Å². The Kier molecular flexibility index (Phi) is 6.75. The van der Waals surface area contributed by atoms with Crippen LogP contribution < -0.4 is 10.1 Å². The summed E-state index contributed by atoms with van der Waals surface area (Å²) in [6.07, 6.45) is 0. The van der Waals surface area contributed by atoms with Gasteiger partial charge in [0.15, 0.2) is 0 Å². The van der Waals surface area contributed by atoms with E-state index in [9.17, 15) is 9.18 Å². The summed E-state index contributed by atoms with van der Waals surface area (Å²) in [5.74, 6) is 0.0948. The average molecular weight is 464 g/mol. The molecule has 1 unspecified atom stereocenters. The van der Waals surface area contributed by atoms with Gasteiger partial charge < -0.3 is 10.1 Å². The number of aromatic nitrogens is 2. The Hall–Kier alpha value is -3.64. The van der Waals surface area contributed by atoms with Crippen molar-refractivity contribution in [2.45, 2.75) is 19.5 Å². The van der Waals surface area contributed by atoms with E-state index in [2.05, 4.69) is 10.4 Å². The molecular formula is C26H23ClFN3O2. The molecule has 0 saturated heterocycles. The number of aryl methyl sites for hydroxylation is 1. The Morgan fingerprint density at radius 2 is 1.67 bits per heavy atom. The van der Waals surface area contributed by atoms with Crippen LogP contribution in [0.4, 0.5) is 4.39 Å². The zero-order valence-corrected chi connectivity index (χ0v) is 19.0. The number of nitrogens with one attached hydrogen (secondary N) is 1. The molecule has 168 valence electrons. The lowest BCUT2D eigenvalue weighted by atomic mass is 9.98. The maximum absolute atomic E-state index is 13.4. The van der Waals surface area contributed by atoms with Crippen LogP contribution >= 0.6 is 11.6 Å². The van der Waals surface area contributed by atoms with Crippen molar-refractivity contribution < 1.29 is 13.9 Å². The molecule has 3 aromatic carbocycles. The van der Waals surface area contributed by atoms with Crippen molar-refractivity contribution in [2.24, 2.45) is 0 Å². The molecule has 0 aliphatic heterocycles. The highest BCUT2D eigenvalue weighted by Gasteiger charge is 2.24. The predicted molar refractivity (Wildman–Crippen MR) is 126 cm³/mol. The first kappa shape index (κ1) is 22.6. The topological polar surface area (TPSA) is 56.1 Å². The van der Waals surface area contributed by atoms with Crippen LogP contribution in [0.1, 0.15) is 38.8 Å². The highest BCUT2D eigenvalue weighted by Crippen LogP contribution is 2.27. The highest BCUT2D eigenvalue weighted by atomic mass is 35.5. The molecule has 1 heterocycles. The van der Waals surface area contributed by atoms with E-state index in [1.54, 1.807) is 30.8 Å². The van der Waals surface area contributed by atoms with Gasteiger partial charge in [0.05, 0.1) is 31.0 Å². The fourth-order valence-corrected chi connectivity index (χ4v) is 4.00. The zero-order valence-electron chi connectivity index (χ0n) is 18.3. The Labute approximate surface area is 196 Å². The second-order valence-corrected chi connectivity index (χ2v) is 7.98. The first-order valence-corrected chi connectivity index (χ1v) is 10.8. The minimum absolute atomic E-state index is 0.232. The van der Waals surface area contributed by atoms with Crippen molar-refractivity contribution in [3.63, 3.8) is 0 Å². The van der Waals surface area contributed by atoms with Crippen LogP contribution in [-0.2, 0) is 6.54 Å². The molecular weight excluding hydrogens is 441 g/mol. The lowest BCUT2D eigenvalue weighted by molar-refractivity contribution is 0.0942. The van der Waals surface area contributed by atoms with Crippen LogP contribution in [0.2, 0.25) is 5.15 Å². The monoisotopic (exact) mass is 463 g/mol. The van der Waals surface area contributed by atoms with Gasteiger partial charge in [-0.15, -0.1) is 0 Å². The van der Waals surface area contributed by atoms with Gasteiger partial charge in [-0.3, -0.25) is 4.79 Å². The third-order valence-corrected chi connectivity index (χ3v) is 5.78. The van der Waals surface area contributed by atoms with E-state index in [0.717, 1.165) is 22.4 Å². The van der Waals surface area contributed by atoms with E-state index in [4.69, 9.17) is 16.3 Å². The lowest BCUT2D eigenvalue weighted by Crippen LogP contribution is -2.29. The largest absolute Gasteiger partial charge is 0.497 e. The second-order valence-electron chi connectivity index (χ2n) is 7.63. The number of rotatable bonds is 7. The molecule has 7 heteroatoms. The van der Waals surface area contributed by atoms with E-state index in [-0.39, 0.29) is 22.9 Å². The molecule has 5 nitrogen and oxygen atoms in total. The quantitative estimate of drug-likeness (QED) is 0.390. The van der Waals surface area contributed by atoms with Crippen LogP contribution in [0.5, 0.6) is 5.75 Å². The fraction of sp³-hybridized carbons (Fsp3) is 0.154. The molecule has 1 atom stereocenters. The number of nitrogens with zero attached hydrogens (tertiary/aromatic N) is 2. The minimum Gasteiger partial charge on any atom is -0.497 e. The minimum atomic E-state index is -0.388. The van der Waals surface area contributed by atoms with Gasteiger partial charge in [-0.2, -0.15) is 5.10 Å². The Morgan fingerprint density at radius 1 is 1.03 bits per heavy atom. The summed E-state index contributed by atoms with van der Waals surface area (Å²) in [6, 6.07) is 23.0. The van der Waals surface area contributed by atoms with Crippen molar-refractivity contribution in [2.75, 3.05) is 7.11 Å². The summed E-state index contributed by atoms with van der Waals surface area (Å²) < 4.78 is 20.0. The molecule has 0 bridgehead atoms. The smallest absolute Gasteiger partial charge is 0.257 e. The Bertz CT molecular complexity index is 1240. The number of carbonyl (C=O) groups excluding carboxylic acids is 1. The van der Waals surface area contributed by atoms with E-state index in [1.165, 1.54) is 12.1 Å². The molecule has 0 spiro atoms. The zero-order chi connectivity index (χ0) is 23.4. The molecule has 1 N–H and O–H groups in total. The Balaban J connectivity index is 1.62. The number of ether oxygens (including phenoxy) is 1. The van der Waals surface area contributed by atoms with Gasteiger partial charge >= 0.3 is 0 Å². The maximum Gasteiger partial charge on any atom is 0.257 e. The van der Waals surface area contributed by atoms with Crippen molar-refractivity contribution in [1.29, 1.82) is 0 Å². The summed E-state index contributed by atoms with van der Waals surface area (Å²) >= 11 is 6.57.